The smallest absolute Gasteiger partial charge is 0.219 e. The number of pyridine rings is 2. The average Bonchev–Trinajstić information content (AvgIpc) is 3.02. The minimum Gasteiger partial charge on any atom is -0.439 e. The lowest BCUT2D eigenvalue weighted by molar-refractivity contribution is 0.462. The minimum absolute atomic E-state index is 0.568. The van der Waals surface area contributed by atoms with Crippen LogP contribution in [0.1, 0.15) is 17.0 Å². The van der Waals surface area contributed by atoms with E-state index in [1.165, 1.54) is 0 Å². The largest absolute Gasteiger partial charge is 0.439 e. The first-order valence-electron chi connectivity index (χ1n) is 9.56. The highest BCUT2D eigenvalue weighted by Crippen LogP contribution is 2.39. The Labute approximate surface area is 176 Å². The van der Waals surface area contributed by atoms with Gasteiger partial charge in [0.25, 0.3) is 0 Å². The molecule has 0 saturated heterocycles. The maximum Gasteiger partial charge on any atom is 0.219 e. The molecule has 4 aromatic rings. The Kier molecular flexibility index (Phi) is 4.99. The van der Waals surface area contributed by atoms with Gasteiger partial charge in [0.15, 0.2) is 0 Å². The first-order valence-corrected chi connectivity index (χ1v) is 9.56. The van der Waals surface area contributed by atoms with Crippen LogP contribution in [0.5, 0.6) is 11.6 Å². The number of aromatic nitrogens is 3. The summed E-state index contributed by atoms with van der Waals surface area (Å²) in [4.78, 5) is 8.75. The van der Waals surface area contributed by atoms with Crippen LogP contribution >= 0.6 is 0 Å². The van der Waals surface area contributed by atoms with Gasteiger partial charge in [-0.05, 0) is 49.2 Å². The van der Waals surface area contributed by atoms with E-state index in [9.17, 15) is 0 Å². The molecule has 5 nitrogen and oxygen atoms in total. The molecule has 0 aliphatic heterocycles. The van der Waals surface area contributed by atoms with Crippen LogP contribution in [-0.2, 0) is 7.05 Å². The normalized spacial score (nSPS) is 10.6. The van der Waals surface area contributed by atoms with E-state index in [2.05, 4.69) is 15.9 Å². The summed E-state index contributed by atoms with van der Waals surface area (Å²) >= 11 is 0. The first kappa shape index (κ1) is 19.3. The molecule has 0 aliphatic rings. The summed E-state index contributed by atoms with van der Waals surface area (Å²) < 4.78 is 7.89. The number of nitrogen functional groups attached to an aromatic ring is 1. The Morgan fingerprint density at radius 2 is 1.87 bits per heavy atom. The molecule has 5 heteroatoms. The van der Waals surface area contributed by atoms with Gasteiger partial charge in [-0.3, -0.25) is 0 Å². The fourth-order valence-corrected chi connectivity index (χ4v) is 3.55. The van der Waals surface area contributed by atoms with Crippen molar-refractivity contribution in [2.75, 3.05) is 5.73 Å². The lowest BCUT2D eigenvalue weighted by Gasteiger charge is -2.12. The Morgan fingerprint density at radius 1 is 1.10 bits per heavy atom. The van der Waals surface area contributed by atoms with Crippen LogP contribution in [0.2, 0.25) is 0 Å². The molecule has 1 aromatic carbocycles. The molecule has 0 fully saturated rings. The second-order valence-electron chi connectivity index (χ2n) is 7.19. The Balaban J connectivity index is 1.72. The molecular weight excluding hydrogens is 372 g/mol. The highest BCUT2D eigenvalue weighted by atomic mass is 16.5. The van der Waals surface area contributed by atoms with Gasteiger partial charge in [-0.25, -0.2) is 9.97 Å². The van der Waals surface area contributed by atoms with Crippen LogP contribution in [0.15, 0.2) is 60.9 Å². The van der Waals surface area contributed by atoms with Crippen molar-refractivity contribution < 1.29 is 4.74 Å². The molecule has 0 amide bonds. The third-order valence-corrected chi connectivity index (χ3v) is 4.95. The zero-order chi connectivity index (χ0) is 21.3. The second-order valence-corrected chi connectivity index (χ2v) is 7.19. The summed E-state index contributed by atoms with van der Waals surface area (Å²) in [5.74, 6) is 3.86. The van der Waals surface area contributed by atoms with Crippen molar-refractivity contribution in [2.24, 2.45) is 7.05 Å². The number of hydrogen-bond donors (Lipinski definition) is 1. The number of nitrogens with two attached hydrogens (primary N) is 1. The SMILES string of the molecule is C#Cc1cc(C)c(-c2c(-c3ccc(Oc4cccc(C)n4)cc3)c(N)cn2C)cn1. The summed E-state index contributed by atoms with van der Waals surface area (Å²) in [6.45, 7) is 3.96. The van der Waals surface area contributed by atoms with E-state index in [0.717, 1.165) is 33.6 Å². The fraction of sp³-hybridized carbons (Fsp3) is 0.120. The minimum atomic E-state index is 0.568. The van der Waals surface area contributed by atoms with Gasteiger partial charge in [-0.2, -0.15) is 0 Å². The van der Waals surface area contributed by atoms with E-state index >= 15 is 0 Å². The molecule has 0 unspecified atom stereocenters. The van der Waals surface area contributed by atoms with Gasteiger partial charge in [0, 0.05) is 42.3 Å². The number of nitrogens with zero attached hydrogens (tertiary/aromatic N) is 3. The third-order valence-electron chi connectivity index (χ3n) is 4.95. The first-order chi connectivity index (χ1) is 14.5. The molecule has 0 spiro atoms. The van der Waals surface area contributed by atoms with Crippen molar-refractivity contribution >= 4 is 5.69 Å². The molecule has 0 saturated carbocycles. The third kappa shape index (κ3) is 3.63. The van der Waals surface area contributed by atoms with Gasteiger partial charge in [0.1, 0.15) is 11.4 Å². The number of aryl methyl sites for hydroxylation is 3. The zero-order valence-electron chi connectivity index (χ0n) is 17.2. The summed E-state index contributed by atoms with van der Waals surface area (Å²) in [6, 6.07) is 15.4. The summed E-state index contributed by atoms with van der Waals surface area (Å²) in [5, 5.41) is 0. The molecule has 0 bridgehead atoms. The highest BCUT2D eigenvalue weighted by molar-refractivity contribution is 5.91. The number of ether oxygens (including phenoxy) is 1. The molecule has 3 heterocycles. The van der Waals surface area contributed by atoms with Crippen molar-refractivity contribution in [3.05, 3.63) is 77.9 Å². The topological polar surface area (TPSA) is 66.0 Å². The predicted molar refractivity (Wildman–Crippen MR) is 120 cm³/mol. The number of terminal acetylenes is 1. The summed E-state index contributed by atoms with van der Waals surface area (Å²) in [5.41, 5.74) is 13.6. The van der Waals surface area contributed by atoms with Crippen LogP contribution < -0.4 is 10.5 Å². The molecule has 3 aromatic heterocycles. The molecule has 4 rings (SSSR count). The van der Waals surface area contributed by atoms with Crippen LogP contribution in [0.3, 0.4) is 0 Å². The lowest BCUT2D eigenvalue weighted by atomic mass is 9.98. The number of anilines is 1. The molecule has 0 aliphatic carbocycles. The molecule has 2 N–H and O–H groups in total. The van der Waals surface area contributed by atoms with Crippen molar-refractivity contribution in [2.45, 2.75) is 13.8 Å². The van der Waals surface area contributed by atoms with Gasteiger partial charge in [0.05, 0.1) is 11.4 Å². The maximum absolute atomic E-state index is 6.38. The van der Waals surface area contributed by atoms with Crippen LogP contribution in [0.4, 0.5) is 5.69 Å². The Bertz CT molecular complexity index is 1260. The fourth-order valence-electron chi connectivity index (χ4n) is 3.55. The van der Waals surface area contributed by atoms with Gasteiger partial charge in [-0.1, -0.05) is 24.1 Å². The Hall–Kier alpha value is -4.04. The van der Waals surface area contributed by atoms with E-state index in [1.807, 2.05) is 86.4 Å². The molecule has 30 heavy (non-hydrogen) atoms. The van der Waals surface area contributed by atoms with E-state index in [-0.39, 0.29) is 0 Å². The number of hydrogen-bond acceptors (Lipinski definition) is 4. The van der Waals surface area contributed by atoms with E-state index in [4.69, 9.17) is 16.9 Å². The summed E-state index contributed by atoms with van der Waals surface area (Å²) in [6.07, 6.45) is 9.21. The number of rotatable bonds is 4. The van der Waals surface area contributed by atoms with Gasteiger partial charge >= 0.3 is 0 Å². The van der Waals surface area contributed by atoms with Crippen molar-refractivity contribution in [3.8, 4) is 46.4 Å². The standard InChI is InChI=1S/C25H22N4O/c1-5-19-13-16(2)21(14-27-19)25-24(22(26)15-29(25)4)18-9-11-20(12-10-18)30-23-8-6-7-17(3)28-23/h1,6-15H,26H2,2-4H3. The Morgan fingerprint density at radius 3 is 2.53 bits per heavy atom. The predicted octanol–water partition coefficient (Wildman–Crippen LogP) is 5.12. The van der Waals surface area contributed by atoms with Gasteiger partial charge in [0.2, 0.25) is 5.88 Å². The van der Waals surface area contributed by atoms with E-state index in [0.29, 0.717) is 23.0 Å². The summed E-state index contributed by atoms with van der Waals surface area (Å²) in [7, 11) is 1.98. The van der Waals surface area contributed by atoms with Gasteiger partial charge < -0.3 is 15.0 Å². The molecule has 148 valence electrons. The number of benzene rings is 1. The van der Waals surface area contributed by atoms with E-state index in [1.54, 1.807) is 0 Å². The molecule has 0 radical (unpaired) electrons. The van der Waals surface area contributed by atoms with Crippen LogP contribution in [0, 0.1) is 26.2 Å². The van der Waals surface area contributed by atoms with Crippen molar-refractivity contribution in [3.63, 3.8) is 0 Å². The van der Waals surface area contributed by atoms with Crippen molar-refractivity contribution in [1.29, 1.82) is 0 Å². The highest BCUT2D eigenvalue weighted by Gasteiger charge is 2.18. The second kappa shape index (κ2) is 7.76. The molecule has 0 atom stereocenters. The quantitative estimate of drug-likeness (QED) is 0.488. The lowest BCUT2D eigenvalue weighted by Crippen LogP contribution is -1.96. The average molecular weight is 394 g/mol. The van der Waals surface area contributed by atoms with Crippen LogP contribution in [-0.4, -0.2) is 14.5 Å². The zero-order valence-corrected chi connectivity index (χ0v) is 17.2. The van der Waals surface area contributed by atoms with Gasteiger partial charge in [-0.15, -0.1) is 6.42 Å². The van der Waals surface area contributed by atoms with E-state index < -0.39 is 0 Å². The molecular formula is C25H22N4O. The maximum atomic E-state index is 6.38. The van der Waals surface area contributed by atoms with Crippen LogP contribution in [0.25, 0.3) is 22.4 Å². The van der Waals surface area contributed by atoms with Crippen molar-refractivity contribution in [1.82, 2.24) is 14.5 Å². The monoisotopic (exact) mass is 394 g/mol.